The summed E-state index contributed by atoms with van der Waals surface area (Å²) in [6, 6.07) is 19.7. The number of hydrogen-bond donors (Lipinski definition) is 1. The van der Waals surface area contributed by atoms with Crippen molar-refractivity contribution in [2.24, 2.45) is 0 Å². The predicted molar refractivity (Wildman–Crippen MR) is 108 cm³/mol. The molecule has 6 nitrogen and oxygen atoms in total. The van der Waals surface area contributed by atoms with Gasteiger partial charge in [0, 0.05) is 17.7 Å². The number of rotatable bonds is 5. The van der Waals surface area contributed by atoms with Crippen LogP contribution in [0.25, 0.3) is 0 Å². The van der Waals surface area contributed by atoms with Gasteiger partial charge in [0.2, 0.25) is 0 Å². The minimum Gasteiger partial charge on any atom is -0.388 e. The fourth-order valence-corrected chi connectivity index (χ4v) is 2.96. The molecule has 2 heterocycles. The zero-order valence-electron chi connectivity index (χ0n) is 16.8. The molecule has 0 atom stereocenters. The van der Waals surface area contributed by atoms with Gasteiger partial charge < -0.3 is 28.8 Å². The summed E-state index contributed by atoms with van der Waals surface area (Å²) in [5.41, 5.74) is 2.06. The van der Waals surface area contributed by atoms with Crippen LogP contribution >= 0.6 is 0 Å². The zero-order chi connectivity index (χ0) is 20.3. The lowest BCUT2D eigenvalue weighted by atomic mass is 10.2. The van der Waals surface area contributed by atoms with Crippen LogP contribution in [0.1, 0.15) is 37.1 Å². The maximum absolute atomic E-state index is 9.12. The highest BCUT2D eigenvalue weighted by Crippen LogP contribution is 2.23. The summed E-state index contributed by atoms with van der Waals surface area (Å²) in [6.07, 6.45) is 0.0747. The first-order valence-electron chi connectivity index (χ1n) is 10.1. The first-order valence-corrected chi connectivity index (χ1v) is 10.1. The second kappa shape index (κ2) is 12.0. The molecule has 0 spiro atoms. The number of aliphatic hydroxyl groups is 1. The number of aliphatic hydroxyl groups excluding tert-OH is 1. The molecule has 29 heavy (non-hydrogen) atoms. The van der Waals surface area contributed by atoms with Gasteiger partial charge in [-0.15, -0.1) is 0 Å². The van der Waals surface area contributed by atoms with Gasteiger partial charge in [0.1, 0.15) is 12.2 Å². The van der Waals surface area contributed by atoms with E-state index in [-0.39, 0.29) is 18.7 Å². The highest BCUT2D eigenvalue weighted by atomic mass is 16.7. The molecular formula is C23H30O6. The van der Waals surface area contributed by atoms with Gasteiger partial charge in [0.15, 0.2) is 12.6 Å². The standard InChI is InChI=1S/C13H18O3.C10H12O3/c1-2-8-14-12-9-15-13(16-10-12)11-6-4-3-5-7-11;11-9-6-12-10(13-7-9)8-4-2-1-3-5-8/h3-7,12-13H,2,8-10H2,1H3;1-5,9-11H,6-7H2. The smallest absolute Gasteiger partial charge is 0.184 e. The van der Waals surface area contributed by atoms with Crippen molar-refractivity contribution in [2.75, 3.05) is 33.0 Å². The summed E-state index contributed by atoms with van der Waals surface area (Å²) in [6.45, 7) is 4.78. The van der Waals surface area contributed by atoms with Crippen LogP contribution in [0.15, 0.2) is 60.7 Å². The second-order valence-electron chi connectivity index (χ2n) is 6.97. The summed E-state index contributed by atoms with van der Waals surface area (Å²) in [5, 5.41) is 9.12. The Morgan fingerprint density at radius 2 is 1.21 bits per heavy atom. The third-order valence-electron chi connectivity index (χ3n) is 4.45. The summed E-state index contributed by atoms with van der Waals surface area (Å²) in [5.74, 6) is 0. The van der Waals surface area contributed by atoms with Crippen LogP contribution in [0.2, 0.25) is 0 Å². The minimum absolute atomic E-state index is 0.0833. The molecule has 0 aliphatic carbocycles. The van der Waals surface area contributed by atoms with E-state index >= 15 is 0 Å². The molecule has 2 aliphatic rings. The van der Waals surface area contributed by atoms with Gasteiger partial charge in [0.05, 0.1) is 26.4 Å². The van der Waals surface area contributed by atoms with Crippen molar-refractivity contribution in [2.45, 2.75) is 38.1 Å². The van der Waals surface area contributed by atoms with Gasteiger partial charge in [-0.25, -0.2) is 0 Å². The second-order valence-corrected chi connectivity index (χ2v) is 6.97. The van der Waals surface area contributed by atoms with Gasteiger partial charge in [-0.1, -0.05) is 67.6 Å². The van der Waals surface area contributed by atoms with E-state index in [1.54, 1.807) is 0 Å². The Bertz CT molecular complexity index is 664. The Hall–Kier alpha value is -1.80. The average Bonchev–Trinajstić information content (AvgIpc) is 2.80. The summed E-state index contributed by atoms with van der Waals surface area (Å²) < 4.78 is 27.4. The SMILES string of the molecule is CCCOC1COC(c2ccccc2)OC1.OC1COC(c2ccccc2)OC1. The van der Waals surface area contributed by atoms with Crippen molar-refractivity contribution < 1.29 is 28.8 Å². The largest absolute Gasteiger partial charge is 0.388 e. The van der Waals surface area contributed by atoms with Crippen LogP contribution < -0.4 is 0 Å². The fraction of sp³-hybridized carbons (Fsp3) is 0.478. The molecule has 2 fully saturated rings. The third kappa shape index (κ3) is 7.19. The normalized spacial score (nSPS) is 27.0. The Kier molecular flexibility index (Phi) is 9.08. The van der Waals surface area contributed by atoms with Crippen molar-refractivity contribution in [3.8, 4) is 0 Å². The molecule has 0 bridgehead atoms. The van der Waals surface area contributed by atoms with E-state index in [1.165, 1.54) is 0 Å². The van der Waals surface area contributed by atoms with Crippen molar-refractivity contribution in [1.82, 2.24) is 0 Å². The molecule has 158 valence electrons. The molecule has 0 amide bonds. The maximum atomic E-state index is 9.12. The van der Waals surface area contributed by atoms with Gasteiger partial charge in [0.25, 0.3) is 0 Å². The number of hydrogen-bond acceptors (Lipinski definition) is 6. The first kappa shape index (κ1) is 21.9. The predicted octanol–water partition coefficient (Wildman–Crippen LogP) is 3.62. The summed E-state index contributed by atoms with van der Waals surface area (Å²) in [4.78, 5) is 0. The van der Waals surface area contributed by atoms with Crippen LogP contribution in [-0.2, 0) is 23.7 Å². The minimum atomic E-state index is -0.486. The highest BCUT2D eigenvalue weighted by molar-refractivity contribution is 5.16. The Balaban J connectivity index is 0.000000169. The molecule has 0 aromatic heterocycles. The van der Waals surface area contributed by atoms with E-state index in [9.17, 15) is 0 Å². The van der Waals surface area contributed by atoms with Crippen LogP contribution in [0.5, 0.6) is 0 Å². The molecular weight excluding hydrogens is 372 g/mol. The van der Waals surface area contributed by atoms with Crippen molar-refractivity contribution in [1.29, 1.82) is 0 Å². The van der Waals surface area contributed by atoms with Crippen LogP contribution in [0.4, 0.5) is 0 Å². The summed E-state index contributed by atoms with van der Waals surface area (Å²) >= 11 is 0. The highest BCUT2D eigenvalue weighted by Gasteiger charge is 2.23. The fourth-order valence-electron chi connectivity index (χ4n) is 2.96. The lowest BCUT2D eigenvalue weighted by Gasteiger charge is -2.29. The van der Waals surface area contributed by atoms with Gasteiger partial charge in [-0.3, -0.25) is 0 Å². The van der Waals surface area contributed by atoms with Crippen LogP contribution in [-0.4, -0.2) is 50.3 Å². The van der Waals surface area contributed by atoms with E-state index < -0.39 is 6.10 Å². The Morgan fingerprint density at radius 1 is 0.759 bits per heavy atom. The van der Waals surface area contributed by atoms with Crippen molar-refractivity contribution >= 4 is 0 Å². The lowest BCUT2D eigenvalue weighted by molar-refractivity contribution is -0.230. The Morgan fingerprint density at radius 3 is 1.66 bits per heavy atom. The quantitative estimate of drug-likeness (QED) is 0.824. The van der Waals surface area contributed by atoms with Crippen LogP contribution in [0.3, 0.4) is 0 Å². The van der Waals surface area contributed by atoms with Gasteiger partial charge in [-0.2, -0.15) is 0 Å². The topological polar surface area (TPSA) is 66.4 Å². The third-order valence-corrected chi connectivity index (χ3v) is 4.45. The number of benzene rings is 2. The lowest BCUT2D eigenvalue weighted by Crippen LogP contribution is -2.33. The molecule has 2 saturated heterocycles. The molecule has 6 heteroatoms. The molecule has 2 aromatic carbocycles. The molecule has 0 saturated carbocycles. The van der Waals surface area contributed by atoms with Gasteiger partial charge in [-0.05, 0) is 6.42 Å². The number of ether oxygens (including phenoxy) is 5. The monoisotopic (exact) mass is 402 g/mol. The van der Waals surface area contributed by atoms with E-state index in [0.717, 1.165) is 24.2 Å². The first-order chi connectivity index (χ1) is 14.3. The zero-order valence-corrected chi connectivity index (χ0v) is 16.8. The van der Waals surface area contributed by atoms with Gasteiger partial charge >= 0.3 is 0 Å². The molecule has 2 aliphatic heterocycles. The Labute approximate surface area is 172 Å². The van der Waals surface area contributed by atoms with E-state index in [4.69, 9.17) is 28.8 Å². The molecule has 0 unspecified atom stereocenters. The van der Waals surface area contributed by atoms with Crippen LogP contribution in [0, 0.1) is 0 Å². The maximum Gasteiger partial charge on any atom is 0.184 e. The molecule has 4 rings (SSSR count). The van der Waals surface area contributed by atoms with E-state index in [1.807, 2.05) is 60.7 Å². The van der Waals surface area contributed by atoms with Crippen molar-refractivity contribution in [3.05, 3.63) is 71.8 Å². The average molecular weight is 402 g/mol. The van der Waals surface area contributed by atoms with E-state index in [0.29, 0.717) is 26.4 Å². The summed E-state index contributed by atoms with van der Waals surface area (Å²) in [7, 11) is 0. The molecule has 2 aromatic rings. The molecule has 0 radical (unpaired) electrons. The van der Waals surface area contributed by atoms with Crippen molar-refractivity contribution in [3.63, 3.8) is 0 Å². The van der Waals surface area contributed by atoms with E-state index in [2.05, 4.69) is 6.92 Å². The molecule has 1 N–H and O–H groups in total.